The number of hydrogen-bond acceptors (Lipinski definition) is 1. The standard InChI is InChI=1S/C12H14ClNO/c13-12(15)14-8-4-7-11(9-14)10-5-2-1-3-6-10/h1-3,5-6,11H,4,7-9H2/t11-/m0/s1. The molecule has 1 aromatic rings. The monoisotopic (exact) mass is 223 g/mol. The van der Waals surface area contributed by atoms with E-state index in [4.69, 9.17) is 11.6 Å². The Morgan fingerprint density at radius 1 is 1.33 bits per heavy atom. The fourth-order valence-corrected chi connectivity index (χ4v) is 2.29. The molecule has 1 heterocycles. The molecule has 3 heteroatoms. The summed E-state index contributed by atoms with van der Waals surface area (Å²) in [4.78, 5) is 12.8. The summed E-state index contributed by atoms with van der Waals surface area (Å²) in [7, 11) is 0. The van der Waals surface area contributed by atoms with Gasteiger partial charge in [0.25, 0.3) is 0 Å². The fraction of sp³-hybridized carbons (Fsp3) is 0.417. The number of amides is 1. The molecule has 0 radical (unpaired) electrons. The topological polar surface area (TPSA) is 20.3 Å². The third kappa shape index (κ3) is 2.51. The zero-order chi connectivity index (χ0) is 10.7. The van der Waals surface area contributed by atoms with Gasteiger partial charge in [-0.05, 0) is 30.0 Å². The van der Waals surface area contributed by atoms with Crippen LogP contribution < -0.4 is 0 Å². The van der Waals surface area contributed by atoms with Crippen LogP contribution in [0.15, 0.2) is 30.3 Å². The van der Waals surface area contributed by atoms with Crippen LogP contribution in [0.5, 0.6) is 0 Å². The second kappa shape index (κ2) is 4.67. The molecule has 0 bridgehead atoms. The molecule has 1 aliphatic heterocycles. The zero-order valence-electron chi connectivity index (χ0n) is 8.53. The summed E-state index contributed by atoms with van der Waals surface area (Å²) in [6.07, 6.45) is 2.18. The predicted molar refractivity (Wildman–Crippen MR) is 61.2 cm³/mol. The summed E-state index contributed by atoms with van der Waals surface area (Å²) in [5.74, 6) is 0.447. The van der Waals surface area contributed by atoms with Crippen LogP contribution in [0.2, 0.25) is 0 Å². The van der Waals surface area contributed by atoms with Gasteiger partial charge in [-0.3, -0.25) is 4.79 Å². The lowest BCUT2D eigenvalue weighted by molar-refractivity contribution is 0.202. The molecule has 1 saturated heterocycles. The molecule has 0 spiro atoms. The number of rotatable bonds is 1. The zero-order valence-corrected chi connectivity index (χ0v) is 9.28. The molecule has 2 nitrogen and oxygen atoms in total. The van der Waals surface area contributed by atoms with Crippen LogP contribution in [0.1, 0.15) is 24.3 Å². The first-order chi connectivity index (χ1) is 7.27. The molecule has 0 saturated carbocycles. The van der Waals surface area contributed by atoms with Gasteiger partial charge >= 0.3 is 5.37 Å². The van der Waals surface area contributed by atoms with Crippen molar-refractivity contribution in [1.29, 1.82) is 0 Å². The van der Waals surface area contributed by atoms with Gasteiger partial charge in [0.1, 0.15) is 0 Å². The average Bonchev–Trinajstić information content (AvgIpc) is 2.30. The molecule has 0 N–H and O–H groups in total. The van der Waals surface area contributed by atoms with E-state index in [0.717, 1.165) is 25.9 Å². The Bertz CT molecular complexity index is 339. The lowest BCUT2D eigenvalue weighted by Gasteiger charge is -2.31. The Labute approximate surface area is 94.8 Å². The van der Waals surface area contributed by atoms with Gasteiger partial charge in [0, 0.05) is 19.0 Å². The molecule has 1 aromatic carbocycles. The van der Waals surface area contributed by atoms with Crippen molar-refractivity contribution in [2.45, 2.75) is 18.8 Å². The van der Waals surface area contributed by atoms with Crippen LogP contribution in [0.3, 0.4) is 0 Å². The van der Waals surface area contributed by atoms with Gasteiger partial charge < -0.3 is 4.90 Å². The first kappa shape index (κ1) is 10.5. The number of carbonyl (C=O) groups excluding carboxylic acids is 1. The highest BCUT2D eigenvalue weighted by Crippen LogP contribution is 2.27. The molecule has 0 aliphatic carbocycles. The van der Waals surface area contributed by atoms with Gasteiger partial charge in [0.15, 0.2) is 0 Å². The van der Waals surface area contributed by atoms with Crippen LogP contribution in [0.25, 0.3) is 0 Å². The number of benzene rings is 1. The molecule has 80 valence electrons. The Hall–Kier alpha value is -1.02. The van der Waals surface area contributed by atoms with E-state index in [0.29, 0.717) is 5.92 Å². The van der Waals surface area contributed by atoms with Gasteiger partial charge in [-0.15, -0.1) is 0 Å². The van der Waals surface area contributed by atoms with Gasteiger partial charge in [0.2, 0.25) is 0 Å². The summed E-state index contributed by atoms with van der Waals surface area (Å²) >= 11 is 5.50. The van der Waals surface area contributed by atoms with E-state index in [-0.39, 0.29) is 5.37 Å². The highest BCUT2D eigenvalue weighted by molar-refractivity contribution is 6.62. The summed E-state index contributed by atoms with van der Waals surface area (Å²) in [6.45, 7) is 1.55. The minimum atomic E-state index is -0.323. The Morgan fingerprint density at radius 3 is 2.73 bits per heavy atom. The SMILES string of the molecule is O=C(Cl)N1CCC[C@H](c2ccccc2)C1. The number of carbonyl (C=O) groups is 1. The van der Waals surface area contributed by atoms with Gasteiger partial charge in [0.05, 0.1) is 0 Å². The van der Waals surface area contributed by atoms with Crippen molar-refractivity contribution in [3.8, 4) is 0 Å². The van der Waals surface area contributed by atoms with Gasteiger partial charge in [-0.1, -0.05) is 30.3 Å². The number of nitrogens with zero attached hydrogens (tertiary/aromatic N) is 1. The first-order valence-corrected chi connectivity index (χ1v) is 5.64. The molecular formula is C12H14ClNO. The van der Waals surface area contributed by atoms with E-state index >= 15 is 0 Å². The Kier molecular flexibility index (Phi) is 3.27. The number of hydrogen-bond donors (Lipinski definition) is 0. The normalized spacial score (nSPS) is 21.4. The molecule has 1 amide bonds. The maximum atomic E-state index is 11.1. The Balaban J connectivity index is 2.08. The lowest BCUT2D eigenvalue weighted by atomic mass is 9.91. The molecule has 0 aromatic heterocycles. The van der Waals surface area contributed by atoms with Gasteiger partial charge in [-0.2, -0.15) is 0 Å². The molecule has 2 rings (SSSR count). The number of likely N-dealkylation sites (tertiary alicyclic amines) is 1. The predicted octanol–water partition coefficient (Wildman–Crippen LogP) is 3.22. The largest absolute Gasteiger partial charge is 0.329 e. The van der Waals surface area contributed by atoms with Crippen LogP contribution in [0.4, 0.5) is 4.79 Å². The van der Waals surface area contributed by atoms with Crippen LogP contribution in [-0.2, 0) is 0 Å². The summed E-state index contributed by atoms with van der Waals surface area (Å²) < 4.78 is 0. The maximum absolute atomic E-state index is 11.1. The minimum absolute atomic E-state index is 0.323. The van der Waals surface area contributed by atoms with E-state index in [9.17, 15) is 4.79 Å². The highest BCUT2D eigenvalue weighted by atomic mass is 35.5. The van der Waals surface area contributed by atoms with E-state index in [2.05, 4.69) is 12.1 Å². The summed E-state index contributed by atoms with van der Waals surface area (Å²) in [5.41, 5.74) is 1.31. The highest BCUT2D eigenvalue weighted by Gasteiger charge is 2.23. The van der Waals surface area contributed by atoms with Crippen LogP contribution >= 0.6 is 11.6 Å². The summed E-state index contributed by atoms with van der Waals surface area (Å²) in [6, 6.07) is 10.3. The average molecular weight is 224 g/mol. The third-order valence-electron chi connectivity index (χ3n) is 2.94. The minimum Gasteiger partial charge on any atom is -0.329 e. The number of piperidine rings is 1. The van der Waals surface area contributed by atoms with Crippen LogP contribution in [-0.4, -0.2) is 23.4 Å². The second-order valence-electron chi connectivity index (χ2n) is 3.95. The molecule has 1 aliphatic rings. The summed E-state index contributed by atoms with van der Waals surface area (Å²) in [5, 5.41) is -0.323. The van der Waals surface area contributed by atoms with E-state index < -0.39 is 0 Å². The second-order valence-corrected chi connectivity index (χ2v) is 4.27. The molecule has 15 heavy (non-hydrogen) atoms. The van der Waals surface area contributed by atoms with E-state index in [1.165, 1.54) is 5.56 Å². The first-order valence-electron chi connectivity index (χ1n) is 5.27. The number of halogens is 1. The molecular weight excluding hydrogens is 210 g/mol. The third-order valence-corrected chi connectivity index (χ3v) is 3.18. The van der Waals surface area contributed by atoms with Crippen molar-refractivity contribution in [1.82, 2.24) is 4.90 Å². The van der Waals surface area contributed by atoms with Crippen molar-refractivity contribution in [3.05, 3.63) is 35.9 Å². The van der Waals surface area contributed by atoms with E-state index in [1.807, 2.05) is 18.2 Å². The Morgan fingerprint density at radius 2 is 2.07 bits per heavy atom. The quantitative estimate of drug-likeness (QED) is 0.529. The maximum Gasteiger partial charge on any atom is 0.316 e. The molecule has 0 unspecified atom stereocenters. The molecule has 1 atom stereocenters. The smallest absolute Gasteiger partial charge is 0.316 e. The van der Waals surface area contributed by atoms with Gasteiger partial charge in [-0.25, -0.2) is 0 Å². The van der Waals surface area contributed by atoms with E-state index in [1.54, 1.807) is 4.90 Å². The van der Waals surface area contributed by atoms with Crippen molar-refractivity contribution in [2.24, 2.45) is 0 Å². The van der Waals surface area contributed by atoms with Crippen molar-refractivity contribution >= 4 is 17.0 Å². The van der Waals surface area contributed by atoms with Crippen molar-refractivity contribution < 1.29 is 4.79 Å². The molecule has 1 fully saturated rings. The lowest BCUT2D eigenvalue weighted by Crippen LogP contribution is -2.35. The van der Waals surface area contributed by atoms with Crippen LogP contribution in [0, 0.1) is 0 Å². The fourth-order valence-electron chi connectivity index (χ4n) is 2.13. The van der Waals surface area contributed by atoms with Crippen molar-refractivity contribution in [2.75, 3.05) is 13.1 Å². The van der Waals surface area contributed by atoms with Crippen molar-refractivity contribution in [3.63, 3.8) is 0 Å².